The number of esters is 2. The Labute approximate surface area is 149 Å². The fourth-order valence-corrected chi connectivity index (χ4v) is 2.06. The molecule has 2 aromatic carbocycles. The molecule has 0 radical (unpaired) electrons. The highest BCUT2D eigenvalue weighted by Gasteiger charge is 2.19. The molecule has 0 aromatic heterocycles. The number of hydrogen-bond donors (Lipinski definition) is 1. The van der Waals surface area contributed by atoms with Gasteiger partial charge in [-0.3, -0.25) is 0 Å². The summed E-state index contributed by atoms with van der Waals surface area (Å²) in [6.45, 7) is 0. The smallest absolute Gasteiger partial charge is 0.373 e. The molecule has 130 valence electrons. The minimum Gasteiger partial charge on any atom is -0.504 e. The third-order valence-electron chi connectivity index (χ3n) is 3.18. The van der Waals surface area contributed by atoms with Crippen molar-refractivity contribution in [2.45, 2.75) is 0 Å². The summed E-state index contributed by atoms with van der Waals surface area (Å²) < 4.78 is 14.7. The van der Waals surface area contributed by atoms with Crippen molar-refractivity contribution >= 4 is 29.6 Å². The molecule has 7 heteroatoms. The molecule has 2 rings (SSSR count). The topological polar surface area (TPSA) is 82.1 Å². The van der Waals surface area contributed by atoms with E-state index in [2.05, 4.69) is 9.47 Å². The third-order valence-corrected chi connectivity index (χ3v) is 3.43. The lowest BCUT2D eigenvalue weighted by atomic mass is 10.2. The van der Waals surface area contributed by atoms with Crippen LogP contribution in [0.4, 0.5) is 0 Å². The Hall–Kier alpha value is -2.99. The van der Waals surface area contributed by atoms with Gasteiger partial charge in [-0.05, 0) is 35.9 Å². The van der Waals surface area contributed by atoms with Gasteiger partial charge >= 0.3 is 11.9 Å². The van der Waals surface area contributed by atoms with E-state index in [0.29, 0.717) is 10.6 Å². The summed E-state index contributed by atoms with van der Waals surface area (Å²) in [7, 11) is 2.39. The second-order valence-corrected chi connectivity index (χ2v) is 5.23. The van der Waals surface area contributed by atoms with Crippen molar-refractivity contribution in [2.24, 2.45) is 0 Å². The number of phenolic OH excluding ortho intramolecular Hbond substituents is 1. The maximum Gasteiger partial charge on any atom is 0.373 e. The van der Waals surface area contributed by atoms with Crippen LogP contribution in [0.1, 0.15) is 15.9 Å². The largest absolute Gasteiger partial charge is 0.504 e. The normalized spacial score (nSPS) is 10.9. The Kier molecular flexibility index (Phi) is 6.03. The first-order valence-corrected chi connectivity index (χ1v) is 7.47. The number of benzene rings is 2. The summed E-state index contributed by atoms with van der Waals surface area (Å²) in [5.74, 6) is -2.20. The van der Waals surface area contributed by atoms with Crippen molar-refractivity contribution in [3.63, 3.8) is 0 Å². The lowest BCUT2D eigenvalue weighted by Crippen LogP contribution is -2.11. The molecule has 0 aliphatic rings. The summed E-state index contributed by atoms with van der Waals surface area (Å²) in [6.07, 6.45) is 1.42. The molecule has 0 saturated carbocycles. The predicted molar refractivity (Wildman–Crippen MR) is 91.5 cm³/mol. The van der Waals surface area contributed by atoms with E-state index in [1.807, 2.05) is 0 Å². The molecular weight excluding hydrogens is 348 g/mol. The fraction of sp³-hybridized carbons (Fsp3) is 0.111. The molecule has 0 saturated heterocycles. The number of phenols is 1. The van der Waals surface area contributed by atoms with Gasteiger partial charge in [0.2, 0.25) is 5.76 Å². The van der Waals surface area contributed by atoms with E-state index in [9.17, 15) is 14.7 Å². The number of rotatable bonds is 5. The van der Waals surface area contributed by atoms with E-state index in [0.717, 1.165) is 0 Å². The van der Waals surface area contributed by atoms with Gasteiger partial charge in [0, 0.05) is 5.02 Å². The Morgan fingerprint density at radius 1 is 1.04 bits per heavy atom. The van der Waals surface area contributed by atoms with Gasteiger partial charge in [-0.1, -0.05) is 29.8 Å². The van der Waals surface area contributed by atoms with Crippen LogP contribution in [-0.2, 0) is 14.3 Å². The summed E-state index contributed by atoms with van der Waals surface area (Å²) in [4.78, 5) is 23.6. The van der Waals surface area contributed by atoms with Crippen molar-refractivity contribution in [1.82, 2.24) is 0 Å². The second-order valence-electron chi connectivity index (χ2n) is 4.80. The molecule has 0 aliphatic carbocycles. The molecule has 25 heavy (non-hydrogen) atoms. The van der Waals surface area contributed by atoms with Crippen LogP contribution in [0.15, 0.2) is 48.2 Å². The number of carbonyl (C=O) groups is 2. The van der Waals surface area contributed by atoms with Gasteiger partial charge in [-0.2, -0.15) is 0 Å². The number of aromatic hydroxyl groups is 1. The van der Waals surface area contributed by atoms with Crippen LogP contribution in [0.3, 0.4) is 0 Å². The lowest BCUT2D eigenvalue weighted by molar-refractivity contribution is -0.138. The Balaban J connectivity index is 2.40. The first-order chi connectivity index (χ1) is 12.0. The number of hydrogen-bond acceptors (Lipinski definition) is 6. The Morgan fingerprint density at radius 2 is 1.72 bits per heavy atom. The maximum absolute atomic E-state index is 12.0. The van der Waals surface area contributed by atoms with Crippen molar-refractivity contribution in [3.05, 3.63) is 64.4 Å². The highest BCUT2D eigenvalue weighted by atomic mass is 35.5. The number of ether oxygens (including phenoxy) is 3. The zero-order valence-corrected chi connectivity index (χ0v) is 14.2. The van der Waals surface area contributed by atoms with E-state index in [1.165, 1.54) is 38.5 Å². The molecule has 2 aromatic rings. The highest BCUT2D eigenvalue weighted by Crippen LogP contribution is 2.32. The minimum atomic E-state index is -0.752. The van der Waals surface area contributed by atoms with E-state index in [1.54, 1.807) is 24.3 Å². The molecular formula is C18H15ClO6. The van der Waals surface area contributed by atoms with E-state index < -0.39 is 17.7 Å². The number of para-hydroxylation sites is 1. The maximum atomic E-state index is 12.0. The van der Waals surface area contributed by atoms with Crippen molar-refractivity contribution in [3.8, 4) is 11.5 Å². The van der Waals surface area contributed by atoms with Crippen molar-refractivity contribution in [2.75, 3.05) is 14.2 Å². The molecule has 0 unspecified atom stereocenters. The standard InChI is InChI=1S/C18H15ClO6/c1-23-17(21)13-4-3-5-14(16(13)20)25-15(18(22)24-2)10-11-6-8-12(19)9-7-11/h3-10,20H,1-2H3/b15-10-. The van der Waals surface area contributed by atoms with Gasteiger partial charge in [0.25, 0.3) is 0 Å². The highest BCUT2D eigenvalue weighted by molar-refractivity contribution is 6.30. The van der Waals surface area contributed by atoms with Gasteiger partial charge < -0.3 is 19.3 Å². The molecule has 0 atom stereocenters. The summed E-state index contributed by atoms with van der Waals surface area (Å²) in [6, 6.07) is 10.9. The Morgan fingerprint density at radius 3 is 2.32 bits per heavy atom. The van der Waals surface area contributed by atoms with E-state index in [-0.39, 0.29) is 17.1 Å². The molecule has 0 heterocycles. The zero-order chi connectivity index (χ0) is 18.4. The predicted octanol–water partition coefficient (Wildman–Crippen LogP) is 3.43. The number of methoxy groups -OCH3 is 2. The number of halogens is 1. The average molecular weight is 363 g/mol. The van der Waals surface area contributed by atoms with Crippen LogP contribution in [0.5, 0.6) is 11.5 Å². The van der Waals surface area contributed by atoms with Crippen LogP contribution in [0.2, 0.25) is 5.02 Å². The van der Waals surface area contributed by atoms with Gasteiger partial charge in [0.1, 0.15) is 5.56 Å². The molecule has 1 N–H and O–H groups in total. The van der Waals surface area contributed by atoms with Crippen LogP contribution in [-0.4, -0.2) is 31.3 Å². The van der Waals surface area contributed by atoms with Gasteiger partial charge in [0.05, 0.1) is 14.2 Å². The van der Waals surface area contributed by atoms with E-state index >= 15 is 0 Å². The molecule has 0 bridgehead atoms. The summed E-state index contributed by atoms with van der Waals surface area (Å²) in [5.41, 5.74) is 0.545. The van der Waals surface area contributed by atoms with Crippen LogP contribution < -0.4 is 4.74 Å². The van der Waals surface area contributed by atoms with Crippen molar-refractivity contribution in [1.29, 1.82) is 0 Å². The quantitative estimate of drug-likeness (QED) is 0.498. The van der Waals surface area contributed by atoms with Crippen molar-refractivity contribution < 1.29 is 28.9 Å². The van der Waals surface area contributed by atoms with Gasteiger partial charge in [-0.15, -0.1) is 0 Å². The summed E-state index contributed by atoms with van der Waals surface area (Å²) >= 11 is 5.83. The van der Waals surface area contributed by atoms with Crippen LogP contribution in [0.25, 0.3) is 6.08 Å². The lowest BCUT2D eigenvalue weighted by Gasteiger charge is -2.11. The first kappa shape index (κ1) is 18.4. The molecule has 6 nitrogen and oxygen atoms in total. The minimum absolute atomic E-state index is 0.0873. The molecule has 0 fully saturated rings. The number of carbonyl (C=O) groups excluding carboxylic acids is 2. The molecule has 0 spiro atoms. The van der Waals surface area contributed by atoms with Gasteiger partial charge in [-0.25, -0.2) is 9.59 Å². The third kappa shape index (κ3) is 4.51. The molecule has 0 aliphatic heterocycles. The van der Waals surface area contributed by atoms with E-state index in [4.69, 9.17) is 16.3 Å². The average Bonchev–Trinajstić information content (AvgIpc) is 2.63. The molecule has 0 amide bonds. The Bertz CT molecular complexity index is 811. The monoisotopic (exact) mass is 362 g/mol. The van der Waals surface area contributed by atoms with Crippen LogP contribution >= 0.6 is 11.6 Å². The zero-order valence-electron chi connectivity index (χ0n) is 13.5. The first-order valence-electron chi connectivity index (χ1n) is 7.10. The SMILES string of the molecule is COC(=O)/C(=C/c1ccc(Cl)cc1)Oc1cccc(C(=O)OC)c1O. The second kappa shape index (κ2) is 8.21. The van der Waals surface area contributed by atoms with Gasteiger partial charge in [0.15, 0.2) is 11.5 Å². The summed E-state index contributed by atoms with van der Waals surface area (Å²) in [5, 5.41) is 10.7. The van der Waals surface area contributed by atoms with Crippen LogP contribution in [0, 0.1) is 0 Å². The fourth-order valence-electron chi connectivity index (χ4n) is 1.94.